The molecular weight excluding hydrogens is 208 g/mol. The Morgan fingerprint density at radius 3 is 2.75 bits per heavy atom. The van der Waals surface area contributed by atoms with Crippen LogP contribution in [-0.2, 0) is 17.8 Å². The maximum Gasteiger partial charge on any atom is 0.360 e. The Balaban J connectivity index is 2.94. The first-order valence-electron chi connectivity index (χ1n) is 5.39. The lowest BCUT2D eigenvalue weighted by molar-refractivity contribution is 0.0518. The number of carbonyl (C=O) groups excluding carboxylic acids is 1. The van der Waals surface area contributed by atoms with E-state index in [2.05, 4.69) is 24.2 Å². The zero-order chi connectivity index (χ0) is 12.1. The summed E-state index contributed by atoms with van der Waals surface area (Å²) in [6.07, 6.45) is 0. The van der Waals surface area contributed by atoms with Crippen molar-refractivity contribution in [3.05, 3.63) is 11.4 Å². The van der Waals surface area contributed by atoms with Gasteiger partial charge in [-0.25, -0.2) is 9.48 Å². The lowest BCUT2D eigenvalue weighted by Gasteiger charge is -2.07. The second kappa shape index (κ2) is 5.60. The molecule has 1 aromatic heterocycles. The fraction of sp³-hybridized carbons (Fsp3) is 0.700. The van der Waals surface area contributed by atoms with Gasteiger partial charge in [0.2, 0.25) is 0 Å². The molecule has 0 spiro atoms. The summed E-state index contributed by atoms with van der Waals surface area (Å²) in [6.45, 7) is 7.11. The van der Waals surface area contributed by atoms with E-state index in [4.69, 9.17) is 10.5 Å². The normalized spacial score (nSPS) is 10.8. The minimum Gasteiger partial charge on any atom is -0.461 e. The average molecular weight is 226 g/mol. The molecule has 1 aromatic rings. The first-order chi connectivity index (χ1) is 7.60. The highest BCUT2D eigenvalue weighted by Gasteiger charge is 2.19. The highest BCUT2D eigenvalue weighted by Crippen LogP contribution is 2.09. The molecule has 1 rings (SSSR count). The Hall–Kier alpha value is -1.43. The second-order valence-electron chi connectivity index (χ2n) is 3.89. The first kappa shape index (κ1) is 12.6. The van der Waals surface area contributed by atoms with Crippen LogP contribution in [0.3, 0.4) is 0 Å². The van der Waals surface area contributed by atoms with Gasteiger partial charge >= 0.3 is 5.97 Å². The van der Waals surface area contributed by atoms with E-state index >= 15 is 0 Å². The van der Waals surface area contributed by atoms with Crippen molar-refractivity contribution in [3.63, 3.8) is 0 Å². The first-order valence-corrected chi connectivity index (χ1v) is 5.39. The smallest absolute Gasteiger partial charge is 0.360 e. The predicted octanol–water partition coefficient (Wildman–Crippen LogP) is 0.570. The van der Waals surface area contributed by atoms with Gasteiger partial charge in [-0.05, 0) is 12.8 Å². The Morgan fingerprint density at radius 1 is 1.56 bits per heavy atom. The summed E-state index contributed by atoms with van der Waals surface area (Å²) < 4.78 is 6.54. The molecular formula is C10H18N4O2. The minimum atomic E-state index is -0.460. The van der Waals surface area contributed by atoms with Crippen LogP contribution < -0.4 is 5.73 Å². The van der Waals surface area contributed by atoms with Crippen LogP contribution in [0.4, 0.5) is 0 Å². The van der Waals surface area contributed by atoms with E-state index in [0.717, 1.165) is 0 Å². The Morgan fingerprint density at radius 2 is 2.25 bits per heavy atom. The van der Waals surface area contributed by atoms with Crippen molar-refractivity contribution in [2.24, 2.45) is 11.7 Å². The van der Waals surface area contributed by atoms with Gasteiger partial charge in [-0.15, -0.1) is 5.10 Å². The third-order valence-corrected chi connectivity index (χ3v) is 2.04. The fourth-order valence-corrected chi connectivity index (χ4v) is 1.39. The number of nitrogens with two attached hydrogens (primary N) is 1. The number of esters is 1. The molecule has 0 atom stereocenters. The van der Waals surface area contributed by atoms with E-state index in [1.54, 1.807) is 11.6 Å². The third kappa shape index (κ3) is 2.79. The van der Waals surface area contributed by atoms with E-state index in [1.807, 2.05) is 0 Å². The number of carbonyl (C=O) groups is 1. The number of hydrogen-bond donors (Lipinski definition) is 1. The number of nitrogens with zero attached hydrogens (tertiary/aromatic N) is 3. The zero-order valence-corrected chi connectivity index (χ0v) is 9.93. The lowest BCUT2D eigenvalue weighted by Crippen LogP contribution is -2.16. The molecule has 0 radical (unpaired) electrons. The lowest BCUT2D eigenvalue weighted by atomic mass is 10.2. The van der Waals surface area contributed by atoms with Gasteiger partial charge in [0, 0.05) is 13.1 Å². The molecule has 0 saturated heterocycles. The third-order valence-electron chi connectivity index (χ3n) is 2.04. The van der Waals surface area contributed by atoms with E-state index in [9.17, 15) is 4.79 Å². The molecule has 90 valence electrons. The zero-order valence-electron chi connectivity index (χ0n) is 9.93. The molecule has 6 heteroatoms. The van der Waals surface area contributed by atoms with E-state index in [-0.39, 0.29) is 12.2 Å². The van der Waals surface area contributed by atoms with Crippen molar-refractivity contribution >= 4 is 5.97 Å². The SMILES string of the molecule is CCOC(=O)c1nnn(CC(C)C)c1CN. The van der Waals surface area contributed by atoms with Crippen molar-refractivity contribution < 1.29 is 9.53 Å². The van der Waals surface area contributed by atoms with Crippen LogP contribution in [0.5, 0.6) is 0 Å². The summed E-state index contributed by atoms with van der Waals surface area (Å²) >= 11 is 0. The summed E-state index contributed by atoms with van der Waals surface area (Å²) in [7, 11) is 0. The van der Waals surface area contributed by atoms with Crippen molar-refractivity contribution in [3.8, 4) is 0 Å². The maximum atomic E-state index is 11.5. The highest BCUT2D eigenvalue weighted by atomic mass is 16.5. The van der Waals surface area contributed by atoms with Crippen LogP contribution in [0.15, 0.2) is 0 Å². The Labute approximate surface area is 94.8 Å². The molecule has 6 nitrogen and oxygen atoms in total. The monoisotopic (exact) mass is 226 g/mol. The van der Waals surface area contributed by atoms with E-state index in [1.165, 1.54) is 0 Å². The number of aromatic nitrogens is 3. The van der Waals surface area contributed by atoms with Crippen molar-refractivity contribution in [2.45, 2.75) is 33.9 Å². The molecule has 0 bridgehead atoms. The van der Waals surface area contributed by atoms with Crippen molar-refractivity contribution in [2.75, 3.05) is 6.61 Å². The van der Waals surface area contributed by atoms with Gasteiger partial charge in [-0.2, -0.15) is 0 Å². The van der Waals surface area contributed by atoms with Crippen LogP contribution in [0.2, 0.25) is 0 Å². The van der Waals surface area contributed by atoms with Crippen LogP contribution in [0, 0.1) is 5.92 Å². The number of rotatable bonds is 5. The van der Waals surface area contributed by atoms with Crippen LogP contribution in [-0.4, -0.2) is 27.6 Å². The summed E-state index contributed by atoms with van der Waals surface area (Å²) in [4.78, 5) is 11.5. The van der Waals surface area contributed by atoms with Gasteiger partial charge < -0.3 is 10.5 Å². The van der Waals surface area contributed by atoms with Crippen molar-refractivity contribution in [1.82, 2.24) is 15.0 Å². The summed E-state index contributed by atoms with van der Waals surface area (Å²) in [6, 6.07) is 0. The predicted molar refractivity (Wildman–Crippen MR) is 58.7 cm³/mol. The molecule has 2 N–H and O–H groups in total. The van der Waals surface area contributed by atoms with Crippen LogP contribution >= 0.6 is 0 Å². The summed E-state index contributed by atoms with van der Waals surface area (Å²) in [5, 5.41) is 7.73. The van der Waals surface area contributed by atoms with Gasteiger partial charge in [0.15, 0.2) is 5.69 Å². The molecule has 1 heterocycles. The maximum absolute atomic E-state index is 11.5. The fourth-order valence-electron chi connectivity index (χ4n) is 1.39. The average Bonchev–Trinajstić information content (AvgIpc) is 2.60. The van der Waals surface area contributed by atoms with Gasteiger partial charge in [0.05, 0.1) is 12.3 Å². The molecule has 0 aliphatic heterocycles. The van der Waals surface area contributed by atoms with Gasteiger partial charge in [0.25, 0.3) is 0 Å². The number of ether oxygens (including phenoxy) is 1. The quantitative estimate of drug-likeness (QED) is 0.742. The largest absolute Gasteiger partial charge is 0.461 e. The molecule has 0 amide bonds. The molecule has 0 aliphatic carbocycles. The van der Waals surface area contributed by atoms with Crippen molar-refractivity contribution in [1.29, 1.82) is 0 Å². The van der Waals surface area contributed by atoms with Gasteiger partial charge in [-0.1, -0.05) is 19.1 Å². The molecule has 0 unspecified atom stereocenters. The molecule has 0 fully saturated rings. The molecule has 0 saturated carbocycles. The molecule has 16 heavy (non-hydrogen) atoms. The second-order valence-corrected chi connectivity index (χ2v) is 3.89. The summed E-state index contributed by atoms with van der Waals surface area (Å²) in [5.74, 6) is -0.0417. The standard InChI is InChI=1S/C10H18N4O2/c1-4-16-10(15)9-8(5-11)14(13-12-9)6-7(2)3/h7H,4-6,11H2,1-3H3. The van der Waals surface area contributed by atoms with E-state index in [0.29, 0.717) is 24.8 Å². The van der Waals surface area contributed by atoms with Gasteiger partial charge in [-0.3, -0.25) is 0 Å². The Bertz CT molecular complexity index is 360. The van der Waals surface area contributed by atoms with Crippen LogP contribution in [0.25, 0.3) is 0 Å². The topological polar surface area (TPSA) is 83.0 Å². The minimum absolute atomic E-state index is 0.227. The van der Waals surface area contributed by atoms with E-state index < -0.39 is 5.97 Å². The summed E-state index contributed by atoms with van der Waals surface area (Å²) in [5.41, 5.74) is 6.46. The Kier molecular flexibility index (Phi) is 4.42. The van der Waals surface area contributed by atoms with Crippen LogP contribution in [0.1, 0.15) is 37.0 Å². The molecule has 0 aliphatic rings. The molecule has 0 aromatic carbocycles. The van der Waals surface area contributed by atoms with Gasteiger partial charge in [0.1, 0.15) is 0 Å². The highest BCUT2D eigenvalue weighted by molar-refractivity contribution is 5.88. The number of hydrogen-bond acceptors (Lipinski definition) is 5.